The first kappa shape index (κ1) is 19.4. The third-order valence-corrected chi connectivity index (χ3v) is 4.01. The van der Waals surface area contributed by atoms with Crippen LogP contribution in [0.1, 0.15) is 25.3 Å². The zero-order valence-electron chi connectivity index (χ0n) is 15.2. The Labute approximate surface area is 159 Å². The fourth-order valence-corrected chi connectivity index (χ4v) is 2.53. The Kier molecular flexibility index (Phi) is 5.10. The van der Waals surface area contributed by atoms with E-state index in [1.807, 2.05) is 0 Å². The highest BCUT2D eigenvalue weighted by molar-refractivity contribution is 5.76. The number of hydrogen-bond acceptors (Lipinski definition) is 5. The van der Waals surface area contributed by atoms with Crippen LogP contribution < -0.4 is 5.32 Å². The first-order valence-electron chi connectivity index (χ1n) is 8.45. The van der Waals surface area contributed by atoms with Gasteiger partial charge in [0.1, 0.15) is 0 Å². The molecule has 0 bridgehead atoms. The lowest BCUT2D eigenvalue weighted by atomic mass is 9.92. The summed E-state index contributed by atoms with van der Waals surface area (Å²) in [5.41, 5.74) is 0.355. The van der Waals surface area contributed by atoms with Gasteiger partial charge >= 0.3 is 6.18 Å². The lowest BCUT2D eigenvalue weighted by Crippen LogP contribution is -2.11. The summed E-state index contributed by atoms with van der Waals surface area (Å²) in [5.74, 6) is 0.602. The summed E-state index contributed by atoms with van der Waals surface area (Å²) >= 11 is 0. The zero-order chi connectivity index (χ0) is 20.4. The van der Waals surface area contributed by atoms with Gasteiger partial charge in [-0.25, -0.2) is 0 Å². The Morgan fingerprint density at radius 2 is 1.71 bits per heavy atom. The van der Waals surface area contributed by atoms with Crippen LogP contribution in [0.2, 0.25) is 0 Å². The quantitative estimate of drug-likeness (QED) is 0.618. The van der Waals surface area contributed by atoms with Gasteiger partial charge in [0.05, 0.1) is 28.3 Å². The summed E-state index contributed by atoms with van der Waals surface area (Å²) in [6.07, 6.45) is -4.07. The first-order valence-corrected chi connectivity index (χ1v) is 8.45. The van der Waals surface area contributed by atoms with Crippen molar-refractivity contribution in [1.29, 1.82) is 5.26 Å². The number of nitrogens with zero attached hydrogens (tertiary/aromatic N) is 3. The molecule has 28 heavy (non-hydrogen) atoms. The van der Waals surface area contributed by atoms with E-state index in [1.165, 1.54) is 12.1 Å². The van der Waals surface area contributed by atoms with Crippen LogP contribution in [0.5, 0.6) is 0 Å². The summed E-state index contributed by atoms with van der Waals surface area (Å²) in [7, 11) is 0. The maximum Gasteiger partial charge on any atom is 0.416 e. The Hall–Kier alpha value is -3.34. The van der Waals surface area contributed by atoms with Crippen LogP contribution in [0.15, 0.2) is 52.9 Å². The molecule has 5 nitrogen and oxygen atoms in total. The number of para-hydroxylation sites is 1. The van der Waals surface area contributed by atoms with Crippen molar-refractivity contribution < 1.29 is 17.6 Å². The van der Waals surface area contributed by atoms with Crippen LogP contribution in [0, 0.1) is 16.7 Å². The number of aromatic nitrogens is 2. The second kappa shape index (κ2) is 7.35. The number of hydrogen-bond donors (Lipinski definition) is 1. The predicted octanol–water partition coefficient (Wildman–Crippen LogP) is 5.59. The number of benzene rings is 2. The van der Waals surface area contributed by atoms with Crippen LogP contribution in [0.3, 0.4) is 0 Å². The average Bonchev–Trinajstić information content (AvgIpc) is 3.09. The molecule has 0 atom stereocenters. The third-order valence-electron chi connectivity index (χ3n) is 4.01. The van der Waals surface area contributed by atoms with Crippen LogP contribution in [0.4, 0.5) is 24.5 Å². The summed E-state index contributed by atoms with van der Waals surface area (Å²) in [4.78, 5) is 0. The van der Waals surface area contributed by atoms with Crippen LogP contribution in [-0.2, 0) is 12.6 Å². The van der Waals surface area contributed by atoms with E-state index in [0.29, 0.717) is 29.2 Å². The number of halogens is 3. The minimum atomic E-state index is -4.38. The molecule has 0 spiro atoms. The van der Waals surface area contributed by atoms with E-state index in [0.717, 1.165) is 12.1 Å². The SMILES string of the molecule is CC(C)(C#N)Cc1nnc(-c2ccccc2Nc2ccc(C(F)(F)F)cc2)o1. The molecule has 8 heteroatoms. The van der Waals surface area contributed by atoms with E-state index < -0.39 is 17.2 Å². The fraction of sp³-hybridized carbons (Fsp3) is 0.250. The Balaban J connectivity index is 1.84. The second-order valence-electron chi connectivity index (χ2n) is 6.92. The molecule has 1 heterocycles. The molecule has 2 aromatic carbocycles. The molecule has 0 aliphatic rings. The van der Waals surface area contributed by atoms with E-state index >= 15 is 0 Å². The number of nitrogens with one attached hydrogen (secondary N) is 1. The molecular weight excluding hydrogens is 369 g/mol. The standard InChI is InChI=1S/C20H17F3N4O/c1-19(2,12-24)11-17-26-27-18(28-17)15-5-3-4-6-16(15)25-14-9-7-13(8-10-14)20(21,22)23/h3-10,25H,11H2,1-2H3. The van der Waals surface area contributed by atoms with Gasteiger partial charge in [-0.1, -0.05) is 12.1 Å². The van der Waals surface area contributed by atoms with E-state index in [2.05, 4.69) is 21.6 Å². The molecule has 0 fully saturated rings. The van der Waals surface area contributed by atoms with Gasteiger partial charge in [-0.3, -0.25) is 0 Å². The number of anilines is 2. The Morgan fingerprint density at radius 3 is 2.36 bits per heavy atom. The van der Waals surface area contributed by atoms with Crippen molar-refractivity contribution in [3.63, 3.8) is 0 Å². The zero-order valence-corrected chi connectivity index (χ0v) is 15.2. The van der Waals surface area contributed by atoms with E-state index in [4.69, 9.17) is 9.68 Å². The maximum atomic E-state index is 12.7. The molecule has 3 rings (SSSR count). The van der Waals surface area contributed by atoms with Gasteiger partial charge in [-0.05, 0) is 50.2 Å². The lowest BCUT2D eigenvalue weighted by molar-refractivity contribution is -0.137. The van der Waals surface area contributed by atoms with Crippen molar-refractivity contribution in [2.75, 3.05) is 5.32 Å². The highest BCUT2D eigenvalue weighted by atomic mass is 19.4. The van der Waals surface area contributed by atoms with Gasteiger partial charge in [-0.15, -0.1) is 10.2 Å². The molecule has 1 N–H and O–H groups in total. The smallest absolute Gasteiger partial charge is 0.416 e. The molecule has 0 radical (unpaired) electrons. The summed E-state index contributed by atoms with van der Waals surface area (Å²) in [5, 5.41) is 20.2. The predicted molar refractivity (Wildman–Crippen MR) is 97.6 cm³/mol. The molecule has 0 amide bonds. The third kappa shape index (κ3) is 4.49. The largest absolute Gasteiger partial charge is 0.421 e. The maximum absolute atomic E-state index is 12.7. The summed E-state index contributed by atoms with van der Waals surface area (Å²) in [6, 6.07) is 14.0. The van der Waals surface area contributed by atoms with Gasteiger partial charge < -0.3 is 9.73 Å². The van der Waals surface area contributed by atoms with Gasteiger partial charge in [0, 0.05) is 12.1 Å². The molecular formula is C20H17F3N4O. The molecule has 0 saturated heterocycles. The number of rotatable bonds is 5. The highest BCUT2D eigenvalue weighted by Gasteiger charge is 2.30. The Bertz CT molecular complexity index is 1000. The van der Waals surface area contributed by atoms with Crippen molar-refractivity contribution in [1.82, 2.24) is 10.2 Å². The topological polar surface area (TPSA) is 74.7 Å². The van der Waals surface area contributed by atoms with Crippen molar-refractivity contribution >= 4 is 11.4 Å². The average molecular weight is 386 g/mol. The highest BCUT2D eigenvalue weighted by Crippen LogP contribution is 2.33. The van der Waals surface area contributed by atoms with Crippen molar-refractivity contribution in [2.45, 2.75) is 26.4 Å². The first-order chi connectivity index (χ1) is 13.2. The van der Waals surface area contributed by atoms with E-state index in [-0.39, 0.29) is 5.89 Å². The van der Waals surface area contributed by atoms with Crippen molar-refractivity contribution in [3.8, 4) is 17.5 Å². The van der Waals surface area contributed by atoms with Crippen molar-refractivity contribution in [2.24, 2.45) is 5.41 Å². The number of alkyl halides is 3. The summed E-state index contributed by atoms with van der Waals surface area (Å²) < 4.78 is 43.8. The van der Waals surface area contributed by atoms with Crippen LogP contribution >= 0.6 is 0 Å². The molecule has 0 unspecified atom stereocenters. The molecule has 1 aromatic heterocycles. The van der Waals surface area contributed by atoms with E-state index in [1.54, 1.807) is 38.1 Å². The van der Waals surface area contributed by atoms with Gasteiger partial charge in [-0.2, -0.15) is 18.4 Å². The minimum absolute atomic E-state index is 0.263. The molecule has 0 saturated carbocycles. The lowest BCUT2D eigenvalue weighted by Gasteiger charge is -2.12. The van der Waals surface area contributed by atoms with Crippen LogP contribution in [-0.4, -0.2) is 10.2 Å². The molecule has 144 valence electrons. The number of nitriles is 1. The molecule has 3 aromatic rings. The normalized spacial score (nSPS) is 11.9. The van der Waals surface area contributed by atoms with Gasteiger partial charge in [0.15, 0.2) is 0 Å². The van der Waals surface area contributed by atoms with E-state index in [9.17, 15) is 13.2 Å². The monoisotopic (exact) mass is 386 g/mol. The van der Waals surface area contributed by atoms with Gasteiger partial charge in [0.25, 0.3) is 0 Å². The molecule has 0 aliphatic heterocycles. The van der Waals surface area contributed by atoms with Crippen LogP contribution in [0.25, 0.3) is 11.5 Å². The fourth-order valence-electron chi connectivity index (χ4n) is 2.53. The second-order valence-corrected chi connectivity index (χ2v) is 6.92. The minimum Gasteiger partial charge on any atom is -0.421 e. The van der Waals surface area contributed by atoms with Crippen molar-refractivity contribution in [3.05, 3.63) is 60.0 Å². The summed E-state index contributed by atoms with van der Waals surface area (Å²) in [6.45, 7) is 3.55. The van der Waals surface area contributed by atoms with Gasteiger partial charge in [0.2, 0.25) is 11.8 Å². The molecule has 0 aliphatic carbocycles. The Morgan fingerprint density at radius 1 is 1.04 bits per heavy atom.